The number of sulfone groups is 1. The highest BCUT2D eigenvalue weighted by Crippen LogP contribution is 2.43. The zero-order valence-corrected chi connectivity index (χ0v) is 16.4. The van der Waals surface area contributed by atoms with Crippen LogP contribution in [0.4, 0.5) is 4.39 Å². The van der Waals surface area contributed by atoms with Gasteiger partial charge in [-0.3, -0.25) is 0 Å². The van der Waals surface area contributed by atoms with E-state index >= 15 is 0 Å². The molecule has 0 radical (unpaired) electrons. The topological polar surface area (TPSA) is 76.5 Å². The molecule has 0 unspecified atom stereocenters. The van der Waals surface area contributed by atoms with E-state index < -0.39 is 15.4 Å². The molecule has 0 bridgehead atoms. The van der Waals surface area contributed by atoms with Gasteiger partial charge in [0.15, 0.2) is 5.03 Å². The monoisotopic (exact) mass is 413 g/mol. The molecule has 3 aromatic rings. The largest absolute Gasteiger partial charge is 0.489 e. The van der Waals surface area contributed by atoms with Crippen LogP contribution >= 0.6 is 0 Å². The fourth-order valence-corrected chi connectivity index (χ4v) is 4.78. The molecule has 0 atom stereocenters. The van der Waals surface area contributed by atoms with E-state index in [-0.39, 0.29) is 22.3 Å². The third-order valence-corrected chi connectivity index (χ3v) is 6.89. The van der Waals surface area contributed by atoms with Crippen molar-refractivity contribution in [2.24, 2.45) is 0 Å². The maximum absolute atomic E-state index is 13.1. The summed E-state index contributed by atoms with van der Waals surface area (Å²) in [6.07, 6.45) is 3.33. The lowest BCUT2D eigenvalue weighted by Gasteiger charge is -2.37. The van der Waals surface area contributed by atoms with E-state index in [9.17, 15) is 17.9 Å². The molecule has 1 saturated carbocycles. The van der Waals surface area contributed by atoms with Crippen LogP contribution in [-0.2, 0) is 22.0 Å². The molecule has 1 N–H and O–H groups in total. The van der Waals surface area contributed by atoms with E-state index in [1.807, 2.05) is 0 Å². The normalized spacial score (nSPS) is 15.5. The molecule has 29 heavy (non-hydrogen) atoms. The van der Waals surface area contributed by atoms with Gasteiger partial charge in [-0.05, 0) is 67.3 Å². The molecular weight excluding hydrogens is 393 g/mol. The van der Waals surface area contributed by atoms with Crippen molar-refractivity contribution in [1.29, 1.82) is 0 Å². The van der Waals surface area contributed by atoms with Gasteiger partial charge in [0.1, 0.15) is 18.2 Å². The van der Waals surface area contributed by atoms with Gasteiger partial charge >= 0.3 is 0 Å². The van der Waals surface area contributed by atoms with Crippen molar-refractivity contribution in [2.75, 3.05) is 0 Å². The van der Waals surface area contributed by atoms with Gasteiger partial charge in [0.2, 0.25) is 9.84 Å². The van der Waals surface area contributed by atoms with Crippen LogP contribution in [0.3, 0.4) is 0 Å². The molecule has 2 aromatic carbocycles. The van der Waals surface area contributed by atoms with Crippen molar-refractivity contribution in [3.05, 3.63) is 83.8 Å². The van der Waals surface area contributed by atoms with Crippen molar-refractivity contribution in [3.8, 4) is 5.75 Å². The smallest absolute Gasteiger partial charge is 0.224 e. The summed E-state index contributed by atoms with van der Waals surface area (Å²) >= 11 is 0. The first-order chi connectivity index (χ1) is 13.9. The first-order valence-electron chi connectivity index (χ1n) is 9.29. The number of halogens is 1. The number of hydrogen-bond donors (Lipinski definition) is 1. The summed E-state index contributed by atoms with van der Waals surface area (Å²) in [6.45, 7) is 0.223. The SMILES string of the molecule is O=S(=O)(c1ccc(COc2ccc(F)cc2)cc1)c1ncccc1C1(O)CCC1. The zero-order chi connectivity index (χ0) is 20.5. The van der Waals surface area contributed by atoms with Gasteiger partial charge in [-0.15, -0.1) is 0 Å². The summed E-state index contributed by atoms with van der Waals surface area (Å²) in [4.78, 5) is 4.18. The van der Waals surface area contributed by atoms with Crippen LogP contribution in [0.5, 0.6) is 5.75 Å². The summed E-state index contributed by atoms with van der Waals surface area (Å²) in [7, 11) is -3.87. The Labute approximate surface area is 168 Å². The van der Waals surface area contributed by atoms with Gasteiger partial charge in [-0.25, -0.2) is 17.8 Å². The predicted octanol–water partition coefficient (Wildman–Crippen LogP) is 4.00. The summed E-state index contributed by atoms with van der Waals surface area (Å²) in [5, 5.41) is 10.6. The zero-order valence-electron chi connectivity index (χ0n) is 15.6. The Hall–Kier alpha value is -2.77. The van der Waals surface area contributed by atoms with Gasteiger partial charge in [-0.1, -0.05) is 18.2 Å². The lowest BCUT2D eigenvalue weighted by atomic mass is 9.76. The van der Waals surface area contributed by atoms with Gasteiger partial charge in [0.05, 0.1) is 10.5 Å². The molecule has 0 spiro atoms. The van der Waals surface area contributed by atoms with Crippen LogP contribution in [0.15, 0.2) is 76.8 Å². The summed E-state index contributed by atoms with van der Waals surface area (Å²) in [6, 6.07) is 15.3. The second-order valence-electron chi connectivity index (χ2n) is 7.13. The minimum Gasteiger partial charge on any atom is -0.489 e. The predicted molar refractivity (Wildman–Crippen MR) is 105 cm³/mol. The van der Waals surface area contributed by atoms with Crippen molar-refractivity contribution >= 4 is 9.84 Å². The fraction of sp³-hybridized carbons (Fsp3) is 0.227. The molecule has 1 aliphatic carbocycles. The molecule has 0 aliphatic heterocycles. The molecule has 1 heterocycles. The second kappa shape index (κ2) is 7.57. The van der Waals surface area contributed by atoms with Crippen LogP contribution < -0.4 is 4.74 Å². The van der Waals surface area contributed by atoms with Crippen LogP contribution in [-0.4, -0.2) is 18.5 Å². The Morgan fingerprint density at radius 3 is 2.34 bits per heavy atom. The maximum Gasteiger partial charge on any atom is 0.224 e. The fourth-order valence-electron chi connectivity index (χ4n) is 3.31. The quantitative estimate of drug-likeness (QED) is 0.661. The summed E-state index contributed by atoms with van der Waals surface area (Å²) in [5.41, 5.74) is 0.00156. The summed E-state index contributed by atoms with van der Waals surface area (Å²) in [5.74, 6) is 0.183. The Bertz CT molecular complexity index is 1110. The molecule has 5 nitrogen and oxygen atoms in total. The van der Waals surface area contributed by atoms with Crippen molar-refractivity contribution in [3.63, 3.8) is 0 Å². The molecule has 1 fully saturated rings. The van der Waals surface area contributed by atoms with Gasteiger partial charge in [-0.2, -0.15) is 0 Å². The molecule has 0 amide bonds. The van der Waals surface area contributed by atoms with E-state index in [1.165, 1.54) is 42.6 Å². The van der Waals surface area contributed by atoms with E-state index in [0.717, 1.165) is 12.0 Å². The van der Waals surface area contributed by atoms with Crippen molar-refractivity contribution in [2.45, 2.75) is 41.4 Å². The first kappa shape index (κ1) is 19.5. The highest BCUT2D eigenvalue weighted by molar-refractivity contribution is 7.91. The van der Waals surface area contributed by atoms with E-state index in [0.29, 0.717) is 24.2 Å². The van der Waals surface area contributed by atoms with Crippen LogP contribution in [0.2, 0.25) is 0 Å². The average Bonchev–Trinajstić information content (AvgIpc) is 2.72. The van der Waals surface area contributed by atoms with E-state index in [4.69, 9.17) is 4.74 Å². The average molecular weight is 413 g/mol. The van der Waals surface area contributed by atoms with Crippen LogP contribution in [0.25, 0.3) is 0 Å². The Kier molecular flexibility index (Phi) is 5.10. The number of hydrogen-bond acceptors (Lipinski definition) is 5. The maximum atomic E-state index is 13.1. The second-order valence-corrected chi connectivity index (χ2v) is 9.00. The number of aromatic nitrogens is 1. The Morgan fingerprint density at radius 1 is 1.03 bits per heavy atom. The highest BCUT2D eigenvalue weighted by Gasteiger charge is 2.41. The minimum atomic E-state index is -3.87. The molecular formula is C22H20FNO4S. The third kappa shape index (κ3) is 3.88. The Balaban J connectivity index is 1.55. The van der Waals surface area contributed by atoms with Crippen molar-refractivity contribution in [1.82, 2.24) is 4.98 Å². The highest BCUT2D eigenvalue weighted by atomic mass is 32.2. The third-order valence-electron chi connectivity index (χ3n) is 5.16. The van der Waals surface area contributed by atoms with Gasteiger partial charge < -0.3 is 9.84 Å². The number of benzene rings is 2. The number of aliphatic hydroxyl groups is 1. The number of pyridine rings is 1. The van der Waals surface area contributed by atoms with Crippen molar-refractivity contribution < 1.29 is 22.7 Å². The summed E-state index contributed by atoms with van der Waals surface area (Å²) < 4.78 is 44.8. The lowest BCUT2D eigenvalue weighted by Crippen LogP contribution is -2.35. The molecule has 7 heteroatoms. The number of rotatable bonds is 6. The lowest BCUT2D eigenvalue weighted by molar-refractivity contribution is -0.0417. The van der Waals surface area contributed by atoms with E-state index in [2.05, 4.69) is 4.98 Å². The van der Waals surface area contributed by atoms with Gasteiger partial charge in [0, 0.05) is 11.8 Å². The number of ether oxygens (including phenoxy) is 1. The van der Waals surface area contributed by atoms with Crippen LogP contribution in [0, 0.1) is 5.82 Å². The van der Waals surface area contributed by atoms with Crippen LogP contribution in [0.1, 0.15) is 30.4 Å². The molecule has 0 saturated heterocycles. The number of nitrogens with zero attached hydrogens (tertiary/aromatic N) is 1. The molecule has 4 rings (SSSR count). The van der Waals surface area contributed by atoms with Gasteiger partial charge in [0.25, 0.3) is 0 Å². The van der Waals surface area contributed by atoms with E-state index in [1.54, 1.807) is 24.3 Å². The Morgan fingerprint density at radius 2 is 1.72 bits per heavy atom. The minimum absolute atomic E-state index is 0.0995. The first-order valence-corrected chi connectivity index (χ1v) is 10.8. The molecule has 150 valence electrons. The molecule has 1 aliphatic rings. The molecule has 1 aromatic heterocycles. The standard InChI is InChI=1S/C22H20FNO4S/c23-17-6-8-18(9-7-17)28-15-16-4-10-19(11-5-16)29(26,27)21-20(3-1-14-24-21)22(25)12-2-13-22/h1,3-11,14,25H,2,12-13,15H2.